The van der Waals surface area contributed by atoms with Crippen molar-refractivity contribution in [1.82, 2.24) is 0 Å². The number of anilines is 1. The highest BCUT2D eigenvalue weighted by molar-refractivity contribution is 5.94. The summed E-state index contributed by atoms with van der Waals surface area (Å²) in [7, 11) is 0. The van der Waals surface area contributed by atoms with Gasteiger partial charge in [0.1, 0.15) is 5.82 Å². The summed E-state index contributed by atoms with van der Waals surface area (Å²) < 4.78 is 14.2. The zero-order valence-corrected chi connectivity index (χ0v) is 13.7. The largest absolute Gasteiger partial charge is 0.385 e. The molecule has 126 valence electrons. The van der Waals surface area contributed by atoms with Gasteiger partial charge in [-0.3, -0.25) is 4.79 Å². The summed E-state index contributed by atoms with van der Waals surface area (Å²) in [6, 6.07) is 14.8. The molecule has 0 heterocycles. The van der Waals surface area contributed by atoms with Crippen LogP contribution >= 0.6 is 0 Å². The van der Waals surface area contributed by atoms with E-state index in [-0.39, 0.29) is 11.7 Å². The Labute approximate surface area is 142 Å². The van der Waals surface area contributed by atoms with E-state index < -0.39 is 5.91 Å². The van der Waals surface area contributed by atoms with Gasteiger partial charge in [-0.25, -0.2) is 4.39 Å². The Balaban J connectivity index is 1.60. The van der Waals surface area contributed by atoms with Gasteiger partial charge in [-0.2, -0.15) is 0 Å². The normalized spacial score (nSPS) is 20.5. The standard InChI is InChI=1S/C20H23FN2O/c21-18-8-4-7-17(20(22)24)19(18)15-11-9-14(10-12-15)13-23-16-5-2-1-3-6-16/h1-8,14-15,23H,9-13H2,(H2,22,24). The molecule has 1 saturated carbocycles. The summed E-state index contributed by atoms with van der Waals surface area (Å²) in [6.07, 6.45) is 3.83. The minimum atomic E-state index is -0.544. The highest BCUT2D eigenvalue weighted by Crippen LogP contribution is 2.38. The van der Waals surface area contributed by atoms with Crippen molar-refractivity contribution in [2.75, 3.05) is 11.9 Å². The van der Waals surface area contributed by atoms with E-state index in [9.17, 15) is 9.18 Å². The first-order valence-electron chi connectivity index (χ1n) is 8.52. The van der Waals surface area contributed by atoms with Gasteiger partial charge in [0.15, 0.2) is 0 Å². The predicted molar refractivity (Wildman–Crippen MR) is 94.5 cm³/mol. The van der Waals surface area contributed by atoms with E-state index >= 15 is 0 Å². The monoisotopic (exact) mass is 326 g/mol. The Bertz CT molecular complexity index is 694. The number of carbonyl (C=O) groups is 1. The van der Waals surface area contributed by atoms with E-state index in [0.29, 0.717) is 17.0 Å². The number of halogens is 1. The molecular weight excluding hydrogens is 303 g/mol. The maximum Gasteiger partial charge on any atom is 0.249 e. The van der Waals surface area contributed by atoms with E-state index in [1.54, 1.807) is 12.1 Å². The Hall–Kier alpha value is -2.36. The summed E-state index contributed by atoms with van der Waals surface area (Å²) in [5.41, 5.74) is 7.39. The average molecular weight is 326 g/mol. The van der Waals surface area contributed by atoms with Crippen molar-refractivity contribution in [3.05, 3.63) is 65.5 Å². The van der Waals surface area contributed by atoms with Crippen LogP contribution in [0.2, 0.25) is 0 Å². The van der Waals surface area contributed by atoms with Crippen molar-refractivity contribution in [2.24, 2.45) is 11.7 Å². The van der Waals surface area contributed by atoms with Gasteiger partial charge < -0.3 is 11.1 Å². The Kier molecular flexibility index (Phi) is 5.14. The number of nitrogens with one attached hydrogen (secondary N) is 1. The first kappa shape index (κ1) is 16.5. The van der Waals surface area contributed by atoms with Crippen LogP contribution < -0.4 is 11.1 Å². The fourth-order valence-electron chi connectivity index (χ4n) is 3.64. The van der Waals surface area contributed by atoms with E-state index in [0.717, 1.165) is 37.9 Å². The van der Waals surface area contributed by atoms with E-state index in [2.05, 4.69) is 17.4 Å². The van der Waals surface area contributed by atoms with Crippen LogP contribution in [-0.4, -0.2) is 12.5 Å². The molecule has 3 rings (SSSR count). The summed E-state index contributed by atoms with van der Waals surface area (Å²) in [5, 5.41) is 3.46. The smallest absolute Gasteiger partial charge is 0.249 e. The Morgan fingerprint density at radius 1 is 1.04 bits per heavy atom. The third-order valence-corrected chi connectivity index (χ3v) is 4.94. The second kappa shape index (κ2) is 7.47. The van der Waals surface area contributed by atoms with Crippen LogP contribution in [0.1, 0.15) is 47.5 Å². The number of carbonyl (C=O) groups excluding carboxylic acids is 1. The third kappa shape index (κ3) is 3.75. The van der Waals surface area contributed by atoms with Crippen molar-refractivity contribution in [3.8, 4) is 0 Å². The van der Waals surface area contributed by atoms with E-state index in [1.165, 1.54) is 6.07 Å². The topological polar surface area (TPSA) is 55.1 Å². The predicted octanol–water partition coefficient (Wildman–Crippen LogP) is 4.31. The minimum Gasteiger partial charge on any atom is -0.385 e. The molecule has 3 N–H and O–H groups in total. The van der Waals surface area contributed by atoms with Gasteiger partial charge in [-0.15, -0.1) is 0 Å². The molecule has 1 aliphatic carbocycles. The molecule has 1 fully saturated rings. The lowest BCUT2D eigenvalue weighted by atomic mass is 9.77. The molecule has 0 unspecified atom stereocenters. The van der Waals surface area contributed by atoms with E-state index in [1.807, 2.05) is 18.2 Å². The second-order valence-corrected chi connectivity index (χ2v) is 6.53. The zero-order chi connectivity index (χ0) is 16.9. The van der Waals surface area contributed by atoms with Crippen molar-refractivity contribution in [1.29, 1.82) is 0 Å². The van der Waals surface area contributed by atoms with Gasteiger partial charge in [0, 0.05) is 23.4 Å². The Morgan fingerprint density at radius 3 is 2.42 bits per heavy atom. The van der Waals surface area contributed by atoms with Crippen molar-refractivity contribution in [3.63, 3.8) is 0 Å². The molecule has 0 bridgehead atoms. The summed E-state index contributed by atoms with van der Waals surface area (Å²) >= 11 is 0. The molecule has 3 nitrogen and oxygen atoms in total. The highest BCUT2D eigenvalue weighted by atomic mass is 19.1. The molecule has 0 radical (unpaired) electrons. The van der Waals surface area contributed by atoms with Crippen LogP contribution in [-0.2, 0) is 0 Å². The zero-order valence-electron chi connectivity index (χ0n) is 13.7. The number of hydrogen-bond acceptors (Lipinski definition) is 2. The minimum absolute atomic E-state index is 0.0849. The van der Waals surface area contributed by atoms with Crippen LogP contribution in [0.15, 0.2) is 48.5 Å². The number of para-hydroxylation sites is 1. The molecule has 24 heavy (non-hydrogen) atoms. The maximum atomic E-state index is 14.2. The first-order chi connectivity index (χ1) is 11.6. The number of primary amides is 1. The molecule has 1 amide bonds. The lowest BCUT2D eigenvalue weighted by Gasteiger charge is -2.30. The quantitative estimate of drug-likeness (QED) is 0.860. The molecule has 4 heteroatoms. The van der Waals surface area contributed by atoms with Crippen LogP contribution in [0.3, 0.4) is 0 Å². The molecule has 2 aromatic rings. The molecule has 0 aromatic heterocycles. The van der Waals surface area contributed by atoms with Crippen LogP contribution in [0.4, 0.5) is 10.1 Å². The lowest BCUT2D eigenvalue weighted by Crippen LogP contribution is -2.23. The average Bonchev–Trinajstić information content (AvgIpc) is 2.61. The van der Waals surface area contributed by atoms with Gasteiger partial charge in [-0.05, 0) is 61.8 Å². The van der Waals surface area contributed by atoms with Crippen molar-refractivity contribution < 1.29 is 9.18 Å². The van der Waals surface area contributed by atoms with Gasteiger partial charge >= 0.3 is 0 Å². The molecule has 1 aliphatic rings. The van der Waals surface area contributed by atoms with E-state index in [4.69, 9.17) is 5.73 Å². The SMILES string of the molecule is NC(=O)c1cccc(F)c1C1CCC(CNc2ccccc2)CC1. The maximum absolute atomic E-state index is 14.2. The number of hydrogen-bond donors (Lipinski definition) is 2. The highest BCUT2D eigenvalue weighted by Gasteiger charge is 2.27. The molecule has 0 aliphatic heterocycles. The second-order valence-electron chi connectivity index (χ2n) is 6.53. The van der Waals surface area contributed by atoms with Gasteiger partial charge in [0.25, 0.3) is 0 Å². The summed E-state index contributed by atoms with van der Waals surface area (Å²) in [6.45, 7) is 0.927. The van der Waals surface area contributed by atoms with Crippen LogP contribution in [0.25, 0.3) is 0 Å². The third-order valence-electron chi connectivity index (χ3n) is 4.94. The summed E-state index contributed by atoms with van der Waals surface area (Å²) in [4.78, 5) is 11.6. The molecule has 0 atom stereocenters. The summed E-state index contributed by atoms with van der Waals surface area (Å²) in [5.74, 6) is -0.193. The lowest BCUT2D eigenvalue weighted by molar-refractivity contribution is 0.0998. The molecule has 0 saturated heterocycles. The van der Waals surface area contributed by atoms with Crippen LogP contribution in [0.5, 0.6) is 0 Å². The fraction of sp³-hybridized carbons (Fsp3) is 0.350. The van der Waals surface area contributed by atoms with Crippen molar-refractivity contribution >= 4 is 11.6 Å². The Morgan fingerprint density at radius 2 is 1.75 bits per heavy atom. The van der Waals surface area contributed by atoms with Gasteiger partial charge in [0.2, 0.25) is 5.91 Å². The number of benzene rings is 2. The number of rotatable bonds is 5. The van der Waals surface area contributed by atoms with Crippen molar-refractivity contribution in [2.45, 2.75) is 31.6 Å². The fourth-order valence-corrected chi connectivity index (χ4v) is 3.64. The first-order valence-corrected chi connectivity index (χ1v) is 8.52. The number of amides is 1. The van der Waals surface area contributed by atoms with Crippen LogP contribution in [0, 0.1) is 11.7 Å². The molecule has 0 spiro atoms. The van der Waals surface area contributed by atoms with Gasteiger partial charge in [0.05, 0.1) is 0 Å². The van der Waals surface area contributed by atoms with Gasteiger partial charge in [-0.1, -0.05) is 24.3 Å². The molecule has 2 aromatic carbocycles. The molecular formula is C20H23FN2O. The number of nitrogens with two attached hydrogens (primary N) is 1.